The van der Waals surface area contributed by atoms with E-state index >= 15 is 0 Å². The van der Waals surface area contributed by atoms with E-state index in [0.29, 0.717) is 18.4 Å². The molecule has 22 heavy (non-hydrogen) atoms. The van der Waals surface area contributed by atoms with Crippen molar-refractivity contribution >= 4 is 24.1 Å². The number of rotatable bonds is 5. The predicted octanol–water partition coefficient (Wildman–Crippen LogP) is 1.48. The molecule has 116 valence electrons. The van der Waals surface area contributed by atoms with Crippen LogP contribution < -0.4 is 10.6 Å². The molecule has 3 saturated heterocycles. The first kappa shape index (κ1) is 14.8. The number of fused-ring (bicyclic) bond motifs is 3. The van der Waals surface area contributed by atoms with Crippen LogP contribution in [0, 0.1) is 5.92 Å². The monoisotopic (exact) mass is 299 g/mol. The Morgan fingerprint density at radius 2 is 1.91 bits per heavy atom. The van der Waals surface area contributed by atoms with Gasteiger partial charge in [-0.05, 0) is 55.6 Å². The highest BCUT2D eigenvalue weighted by Crippen LogP contribution is 2.27. The maximum Gasteiger partial charge on any atom is 0.244 e. The molecule has 1 aromatic rings. The van der Waals surface area contributed by atoms with Crippen molar-refractivity contribution in [1.82, 2.24) is 10.2 Å². The third-order valence-corrected chi connectivity index (χ3v) is 4.55. The Morgan fingerprint density at radius 1 is 1.18 bits per heavy atom. The highest BCUT2D eigenvalue weighted by Gasteiger charge is 2.34. The normalized spacial score (nSPS) is 26.8. The zero-order chi connectivity index (χ0) is 15.4. The van der Waals surface area contributed by atoms with Gasteiger partial charge in [0, 0.05) is 24.4 Å². The smallest absolute Gasteiger partial charge is 0.244 e. The van der Waals surface area contributed by atoms with Gasteiger partial charge in [-0.1, -0.05) is 12.1 Å². The highest BCUT2D eigenvalue weighted by molar-refractivity contribution is 5.92. The van der Waals surface area contributed by atoms with Crippen LogP contribution in [0.2, 0.25) is 0 Å². The first-order valence-electron chi connectivity index (χ1n) is 7.76. The SMILES string of the molecule is O=CNc1ccc(C=CC(=O)N[C@H]2CN3CCC2CC3)cc1. The van der Waals surface area contributed by atoms with Gasteiger partial charge in [-0.2, -0.15) is 0 Å². The summed E-state index contributed by atoms with van der Waals surface area (Å²) in [5.74, 6) is 0.602. The molecule has 0 saturated carbocycles. The van der Waals surface area contributed by atoms with Crippen LogP contribution in [0.5, 0.6) is 0 Å². The van der Waals surface area contributed by atoms with E-state index in [4.69, 9.17) is 0 Å². The molecule has 2 amide bonds. The first-order chi connectivity index (χ1) is 10.7. The Morgan fingerprint density at radius 3 is 2.50 bits per heavy atom. The van der Waals surface area contributed by atoms with E-state index in [9.17, 15) is 9.59 Å². The molecule has 1 atom stereocenters. The molecular weight excluding hydrogens is 278 g/mol. The average Bonchev–Trinajstić information content (AvgIpc) is 2.56. The molecule has 4 rings (SSSR count). The summed E-state index contributed by atoms with van der Waals surface area (Å²) in [6.07, 6.45) is 6.41. The Kier molecular flexibility index (Phi) is 4.53. The summed E-state index contributed by atoms with van der Waals surface area (Å²) in [6.45, 7) is 3.33. The van der Waals surface area contributed by atoms with Gasteiger partial charge >= 0.3 is 0 Å². The van der Waals surface area contributed by atoms with Crippen molar-refractivity contribution in [3.8, 4) is 0 Å². The van der Waals surface area contributed by atoms with Crippen LogP contribution in [0.15, 0.2) is 30.3 Å². The molecule has 0 aromatic heterocycles. The number of piperidine rings is 3. The second-order valence-corrected chi connectivity index (χ2v) is 5.97. The summed E-state index contributed by atoms with van der Waals surface area (Å²) in [5, 5.41) is 5.71. The van der Waals surface area contributed by atoms with Gasteiger partial charge in [0.1, 0.15) is 0 Å². The number of amides is 2. The van der Waals surface area contributed by atoms with Crippen molar-refractivity contribution < 1.29 is 9.59 Å². The lowest BCUT2D eigenvalue weighted by molar-refractivity contribution is -0.118. The van der Waals surface area contributed by atoms with Gasteiger partial charge in [-0.3, -0.25) is 9.59 Å². The van der Waals surface area contributed by atoms with E-state index in [1.807, 2.05) is 12.1 Å². The van der Waals surface area contributed by atoms with Gasteiger partial charge < -0.3 is 15.5 Å². The van der Waals surface area contributed by atoms with Crippen LogP contribution in [0.3, 0.4) is 0 Å². The predicted molar refractivity (Wildman–Crippen MR) is 86.3 cm³/mol. The molecule has 5 heteroatoms. The summed E-state index contributed by atoms with van der Waals surface area (Å²) < 4.78 is 0. The minimum absolute atomic E-state index is 0.0335. The molecule has 3 aliphatic rings. The second kappa shape index (κ2) is 6.75. The molecule has 0 aliphatic carbocycles. The van der Waals surface area contributed by atoms with Crippen molar-refractivity contribution in [3.63, 3.8) is 0 Å². The lowest BCUT2D eigenvalue weighted by Crippen LogP contribution is -2.57. The molecule has 3 heterocycles. The maximum atomic E-state index is 12.1. The van der Waals surface area contributed by atoms with E-state index in [0.717, 1.165) is 17.8 Å². The molecule has 2 N–H and O–H groups in total. The minimum Gasteiger partial charge on any atom is -0.348 e. The fourth-order valence-corrected chi connectivity index (χ4v) is 3.29. The topological polar surface area (TPSA) is 61.4 Å². The van der Waals surface area contributed by atoms with E-state index in [2.05, 4.69) is 15.5 Å². The zero-order valence-corrected chi connectivity index (χ0v) is 12.5. The number of carbonyl (C=O) groups is 2. The van der Waals surface area contributed by atoms with Crippen LogP contribution in [0.1, 0.15) is 18.4 Å². The Hall–Kier alpha value is -2.14. The summed E-state index contributed by atoms with van der Waals surface area (Å²) >= 11 is 0. The van der Waals surface area contributed by atoms with Gasteiger partial charge in [0.2, 0.25) is 12.3 Å². The van der Waals surface area contributed by atoms with Crippen LogP contribution in [-0.4, -0.2) is 42.9 Å². The molecule has 0 spiro atoms. The molecular formula is C17H21N3O2. The molecule has 0 unspecified atom stereocenters. The molecule has 0 radical (unpaired) electrons. The van der Waals surface area contributed by atoms with E-state index in [-0.39, 0.29) is 5.91 Å². The Bertz CT molecular complexity index is 560. The van der Waals surface area contributed by atoms with E-state index in [1.54, 1.807) is 24.3 Å². The van der Waals surface area contributed by atoms with Crippen LogP contribution in [0.4, 0.5) is 5.69 Å². The Balaban J connectivity index is 1.53. The minimum atomic E-state index is -0.0335. The molecule has 3 fully saturated rings. The average molecular weight is 299 g/mol. The molecule has 1 aromatic carbocycles. The number of hydrogen-bond donors (Lipinski definition) is 2. The Labute approximate surface area is 130 Å². The molecule has 5 nitrogen and oxygen atoms in total. The van der Waals surface area contributed by atoms with Gasteiger partial charge in [-0.15, -0.1) is 0 Å². The van der Waals surface area contributed by atoms with Gasteiger partial charge in [0.15, 0.2) is 0 Å². The number of hydrogen-bond acceptors (Lipinski definition) is 3. The highest BCUT2D eigenvalue weighted by atomic mass is 16.1. The third-order valence-electron chi connectivity index (χ3n) is 4.55. The maximum absolute atomic E-state index is 12.1. The van der Waals surface area contributed by atoms with Crippen molar-refractivity contribution in [3.05, 3.63) is 35.9 Å². The van der Waals surface area contributed by atoms with Gasteiger partial charge in [-0.25, -0.2) is 0 Å². The second-order valence-electron chi connectivity index (χ2n) is 5.97. The van der Waals surface area contributed by atoms with Crippen LogP contribution in [-0.2, 0) is 9.59 Å². The van der Waals surface area contributed by atoms with Gasteiger partial charge in [0.25, 0.3) is 0 Å². The summed E-state index contributed by atoms with van der Waals surface area (Å²) in [5.41, 5.74) is 1.67. The number of anilines is 1. The standard InChI is InChI=1S/C17H21N3O2/c21-12-18-15-4-1-13(2-5-15)3-6-17(22)19-16-11-20-9-7-14(16)8-10-20/h1-6,12,14,16H,7-11H2,(H,18,21)(H,19,22)/t16-/m0/s1. The van der Waals surface area contributed by atoms with Crippen molar-refractivity contribution in [2.75, 3.05) is 25.0 Å². The van der Waals surface area contributed by atoms with E-state index < -0.39 is 0 Å². The number of nitrogens with one attached hydrogen (secondary N) is 2. The van der Waals surface area contributed by atoms with E-state index in [1.165, 1.54) is 25.9 Å². The van der Waals surface area contributed by atoms with Crippen LogP contribution in [0.25, 0.3) is 6.08 Å². The first-order valence-corrected chi connectivity index (χ1v) is 7.76. The number of benzene rings is 1. The lowest BCUT2D eigenvalue weighted by atomic mass is 9.84. The summed E-state index contributed by atoms with van der Waals surface area (Å²) in [7, 11) is 0. The van der Waals surface area contributed by atoms with Crippen molar-refractivity contribution in [2.24, 2.45) is 5.92 Å². The number of carbonyl (C=O) groups excluding carboxylic acids is 2. The van der Waals surface area contributed by atoms with Gasteiger partial charge in [0.05, 0.1) is 0 Å². The zero-order valence-electron chi connectivity index (χ0n) is 12.5. The fraction of sp³-hybridized carbons (Fsp3) is 0.412. The molecule has 3 aliphatic heterocycles. The van der Waals surface area contributed by atoms with Crippen molar-refractivity contribution in [1.29, 1.82) is 0 Å². The summed E-state index contributed by atoms with van der Waals surface area (Å²) in [4.78, 5) is 24.8. The molecule has 2 bridgehead atoms. The van der Waals surface area contributed by atoms with Crippen molar-refractivity contribution in [2.45, 2.75) is 18.9 Å². The number of nitrogens with zero attached hydrogens (tertiary/aromatic N) is 1. The fourth-order valence-electron chi connectivity index (χ4n) is 3.29. The quantitative estimate of drug-likeness (QED) is 0.639. The lowest BCUT2D eigenvalue weighted by Gasteiger charge is -2.44. The summed E-state index contributed by atoms with van der Waals surface area (Å²) in [6, 6.07) is 7.63. The van der Waals surface area contributed by atoms with Crippen LogP contribution >= 0.6 is 0 Å². The largest absolute Gasteiger partial charge is 0.348 e. The third kappa shape index (κ3) is 3.54.